The number of aromatic hydroxyl groups is 1. The van der Waals surface area contributed by atoms with Crippen molar-refractivity contribution >= 4 is 46.3 Å². The highest BCUT2D eigenvalue weighted by molar-refractivity contribution is 7.13. The number of aliphatic hydroxyl groups is 1. The number of thiazole rings is 1. The summed E-state index contributed by atoms with van der Waals surface area (Å²) in [5, 5.41) is 35.6. The normalized spacial score (nSPS) is 17.1. The minimum Gasteiger partial charge on any atom is -0.506 e. The second-order valence-corrected chi connectivity index (χ2v) is 22.1. The Morgan fingerprint density at radius 1 is 0.961 bits per heavy atom. The van der Waals surface area contributed by atoms with E-state index >= 15 is 4.39 Å². The number of hydrogen-bond donors (Lipinski definition) is 4. The summed E-state index contributed by atoms with van der Waals surface area (Å²) in [6.45, 7) is 11.1. The van der Waals surface area contributed by atoms with Crippen LogP contribution in [0.25, 0.3) is 10.4 Å². The Morgan fingerprint density at radius 2 is 1.70 bits per heavy atom. The summed E-state index contributed by atoms with van der Waals surface area (Å²) in [4.78, 5) is 49.9. The van der Waals surface area contributed by atoms with Gasteiger partial charge in [0.15, 0.2) is 0 Å². The summed E-state index contributed by atoms with van der Waals surface area (Å²) >= 11 is 8.14. The van der Waals surface area contributed by atoms with Gasteiger partial charge in [-0.15, -0.1) is 16.4 Å². The van der Waals surface area contributed by atoms with E-state index in [1.807, 2.05) is 107 Å². The van der Waals surface area contributed by atoms with Crippen LogP contribution in [-0.4, -0.2) is 111 Å². The summed E-state index contributed by atoms with van der Waals surface area (Å²) in [6.07, 6.45) is 4.69. The van der Waals surface area contributed by atoms with Gasteiger partial charge in [-0.1, -0.05) is 105 Å². The highest BCUT2D eigenvalue weighted by atomic mass is 35.5. The number of anilines is 1. The van der Waals surface area contributed by atoms with E-state index < -0.39 is 35.4 Å². The third-order valence-corrected chi connectivity index (χ3v) is 15.6. The molecule has 19 heteroatoms. The topological polar surface area (TPSA) is 194 Å². The smallest absolute Gasteiger partial charge is 0.246 e. The first-order valence-electron chi connectivity index (χ1n) is 25.8. The van der Waals surface area contributed by atoms with Crippen molar-refractivity contribution in [3.63, 3.8) is 0 Å². The van der Waals surface area contributed by atoms with Crippen LogP contribution < -0.4 is 20.3 Å². The lowest BCUT2D eigenvalue weighted by Crippen LogP contribution is -2.58. The van der Waals surface area contributed by atoms with E-state index in [0.29, 0.717) is 42.7 Å². The molecule has 2 fully saturated rings. The number of amides is 3. The number of hydrogen-bond acceptors (Lipinski definition) is 13. The van der Waals surface area contributed by atoms with Gasteiger partial charge in [-0.25, -0.2) is 14.1 Å². The second kappa shape index (κ2) is 25.1. The number of rotatable bonds is 23. The average Bonchev–Trinajstić information content (AvgIpc) is 4.25. The maximum atomic E-state index is 15.4. The fourth-order valence-electron chi connectivity index (χ4n) is 10.2. The maximum Gasteiger partial charge on any atom is 0.246 e. The van der Waals surface area contributed by atoms with Gasteiger partial charge >= 0.3 is 0 Å². The monoisotopic (exact) mass is 1080 g/mol. The molecule has 3 heterocycles. The van der Waals surface area contributed by atoms with Gasteiger partial charge in [-0.2, -0.15) is 0 Å². The number of aromatic nitrogens is 4. The van der Waals surface area contributed by atoms with Crippen molar-refractivity contribution in [1.29, 1.82) is 0 Å². The molecule has 1 saturated heterocycles. The van der Waals surface area contributed by atoms with E-state index in [1.165, 1.54) is 11.0 Å². The van der Waals surface area contributed by atoms with Crippen LogP contribution in [-0.2, 0) is 49.0 Å². The Kier molecular flexibility index (Phi) is 18.5. The van der Waals surface area contributed by atoms with E-state index in [4.69, 9.17) is 25.8 Å². The molecule has 8 rings (SSSR count). The number of benzene rings is 4. The molecule has 4 atom stereocenters. The third-order valence-electron chi connectivity index (χ3n) is 14.2. The predicted octanol–water partition coefficient (Wildman–Crippen LogP) is 8.71. The first kappa shape index (κ1) is 55.8. The largest absolute Gasteiger partial charge is 0.506 e. The van der Waals surface area contributed by atoms with Crippen LogP contribution in [0.3, 0.4) is 0 Å². The fourth-order valence-corrected chi connectivity index (χ4v) is 11.2. The minimum atomic E-state index is -0.998. The molecule has 1 aliphatic heterocycles. The predicted molar refractivity (Wildman–Crippen MR) is 290 cm³/mol. The van der Waals surface area contributed by atoms with E-state index in [2.05, 4.69) is 30.8 Å². The van der Waals surface area contributed by atoms with Gasteiger partial charge in [-0.3, -0.25) is 14.4 Å². The number of β-amino-alcohol motifs (C(OH)–C–C–N with tert-alkyl or cyclic N) is 1. The van der Waals surface area contributed by atoms with Gasteiger partial charge in [0.2, 0.25) is 17.7 Å². The van der Waals surface area contributed by atoms with Gasteiger partial charge in [0.25, 0.3) is 0 Å². The van der Waals surface area contributed by atoms with Gasteiger partial charge in [0, 0.05) is 37.2 Å². The summed E-state index contributed by atoms with van der Waals surface area (Å²) in [5.74, 6) is -0.880. The number of nitrogens with one attached hydrogen (secondary N) is 2. The van der Waals surface area contributed by atoms with Crippen LogP contribution in [0.15, 0.2) is 103 Å². The zero-order chi connectivity index (χ0) is 54.0. The van der Waals surface area contributed by atoms with E-state index in [-0.39, 0.29) is 68.3 Å². The number of phenols is 1. The Balaban J connectivity index is 0.763. The van der Waals surface area contributed by atoms with Crippen LogP contribution >= 0.6 is 22.9 Å². The van der Waals surface area contributed by atoms with Gasteiger partial charge in [0.05, 0.1) is 65.8 Å². The number of aryl methyl sites for hydroxylation is 1. The zero-order valence-electron chi connectivity index (χ0n) is 43.7. The average molecular weight is 1080 g/mol. The molecule has 0 unspecified atom stereocenters. The number of nitrogens with zero attached hydrogens (tertiary/aromatic N) is 6. The summed E-state index contributed by atoms with van der Waals surface area (Å²) in [7, 11) is 0. The molecule has 3 amide bonds. The Morgan fingerprint density at radius 3 is 2.41 bits per heavy atom. The fraction of sp³-hybridized carbons (Fsp3) is 0.439. The zero-order valence-corrected chi connectivity index (χ0v) is 45.3. The highest BCUT2D eigenvalue weighted by Gasteiger charge is 2.45. The number of carbonyl (C=O) groups excluding carboxylic acids is 3. The molecule has 0 spiro atoms. The molecular formula is C57H68ClFN8O8S. The number of halogens is 2. The lowest BCUT2D eigenvalue weighted by molar-refractivity contribution is -0.144. The molecule has 1 saturated carbocycles. The number of ether oxygens (including phenoxy) is 3. The van der Waals surface area contributed by atoms with Crippen molar-refractivity contribution in [2.24, 2.45) is 5.41 Å². The Labute approximate surface area is 452 Å². The Bertz CT molecular complexity index is 2910. The first-order valence-corrected chi connectivity index (χ1v) is 27.1. The molecule has 0 bridgehead atoms. The molecule has 76 heavy (non-hydrogen) atoms. The van der Waals surface area contributed by atoms with E-state index in [1.54, 1.807) is 40.4 Å². The molecular weight excluding hydrogens is 1010 g/mol. The lowest BCUT2D eigenvalue weighted by atomic mass is 9.78. The van der Waals surface area contributed by atoms with Crippen molar-refractivity contribution in [1.82, 2.24) is 35.5 Å². The molecule has 4 N–H and O–H groups in total. The first-order chi connectivity index (χ1) is 36.5. The quantitative estimate of drug-likeness (QED) is 0.0447. The van der Waals surface area contributed by atoms with Crippen molar-refractivity contribution in [3.05, 3.63) is 142 Å². The molecule has 4 aromatic carbocycles. The van der Waals surface area contributed by atoms with Crippen LogP contribution in [0.2, 0.25) is 5.02 Å². The third kappa shape index (κ3) is 13.9. The van der Waals surface area contributed by atoms with Crippen molar-refractivity contribution in [2.75, 3.05) is 44.4 Å². The molecule has 404 valence electrons. The molecule has 0 radical (unpaired) electrons. The van der Waals surface area contributed by atoms with Gasteiger partial charge in [-0.05, 0) is 90.8 Å². The summed E-state index contributed by atoms with van der Waals surface area (Å²) < 4.78 is 34.5. The summed E-state index contributed by atoms with van der Waals surface area (Å²) in [6, 6.07) is 25.7. The SMILES string of the molecule is Cc1ncsc1-c1ccc([C@H](C)NC(=O)[C@@H]2C[C@H](O)CN2C(=O)[C@@H](NC(=O)COCCOCc2cn(CCOc3ccc(N(Cc4cccc(O)c4Cl)CC4(c5ccccc5F)CCCC4)cc3)nn2)C(C)(C)C)cc1. The number of phenolic OH excluding ortho intramolecular Hbond substituents is 1. The van der Waals surface area contributed by atoms with Crippen molar-refractivity contribution in [3.8, 4) is 21.9 Å². The van der Waals surface area contributed by atoms with Crippen molar-refractivity contribution < 1.29 is 43.2 Å². The number of aliphatic hydroxyl groups excluding tert-OH is 1. The molecule has 16 nitrogen and oxygen atoms in total. The molecule has 2 aliphatic rings. The standard InChI is InChI=1S/C57H68ClFN8O8S/c1-37(39-15-17-40(18-16-39)52-38(2)60-36-76-52)61-54(71)48-29-44(68)32-67(48)55(72)53(56(3,4)5)62-50(70)34-74-28-27-73-33-42-31-66(64-63-42)25-26-75-45-21-19-43(20-22-45)65(30-41-11-10-14-49(69)51(41)58)35-57(23-8-9-24-57)46-12-6-7-13-47(46)59/h6-7,10-22,31,36-37,44,48,53,68-69H,8-9,23-30,32-35H2,1-5H3,(H,61,71)(H,62,70)/t37-,44-,48-,53+/m0/s1. The Hall–Kier alpha value is -6.44. The van der Waals surface area contributed by atoms with Crippen LogP contribution in [0.1, 0.15) is 93.9 Å². The van der Waals surface area contributed by atoms with E-state index in [0.717, 1.165) is 64.2 Å². The molecule has 6 aromatic rings. The van der Waals surface area contributed by atoms with Crippen LogP contribution in [0.5, 0.6) is 11.5 Å². The maximum absolute atomic E-state index is 15.4. The van der Waals surface area contributed by atoms with Crippen molar-refractivity contribution in [2.45, 2.75) is 116 Å². The molecule has 1 aliphatic carbocycles. The van der Waals surface area contributed by atoms with E-state index in [9.17, 15) is 24.6 Å². The number of carbonyl (C=O) groups is 3. The summed E-state index contributed by atoms with van der Waals surface area (Å²) in [5.41, 5.74) is 6.58. The highest BCUT2D eigenvalue weighted by Crippen LogP contribution is 2.44. The second-order valence-electron chi connectivity index (χ2n) is 20.9. The minimum absolute atomic E-state index is 0.0138. The molecule has 2 aromatic heterocycles. The number of likely N-dealkylation sites (tertiary alicyclic amines) is 1. The van der Waals surface area contributed by atoms with Gasteiger partial charge in [0.1, 0.15) is 48.3 Å². The van der Waals surface area contributed by atoms with Gasteiger partial charge < -0.3 is 44.9 Å². The van der Waals surface area contributed by atoms with Crippen LogP contribution in [0.4, 0.5) is 10.1 Å². The van der Waals surface area contributed by atoms with Crippen LogP contribution in [0, 0.1) is 18.2 Å². The lowest BCUT2D eigenvalue weighted by Gasteiger charge is -2.38.